The highest BCUT2D eigenvalue weighted by Crippen LogP contribution is 2.32. The topological polar surface area (TPSA) is 192 Å². The molecule has 13 nitrogen and oxygen atoms in total. The zero-order valence-electron chi connectivity index (χ0n) is 22.0. The van der Waals surface area contributed by atoms with Gasteiger partial charge in [0.05, 0.1) is 28.7 Å². The summed E-state index contributed by atoms with van der Waals surface area (Å²) >= 11 is 5.99. The molecule has 1 aliphatic heterocycles. The first-order valence-electron chi connectivity index (χ1n) is 12.1. The van der Waals surface area contributed by atoms with Crippen molar-refractivity contribution in [3.8, 4) is 5.75 Å². The summed E-state index contributed by atoms with van der Waals surface area (Å²) in [4.78, 5) is 26.3. The number of carboxylic acids is 2. The van der Waals surface area contributed by atoms with Gasteiger partial charge >= 0.3 is 11.9 Å². The van der Waals surface area contributed by atoms with Crippen molar-refractivity contribution in [2.45, 2.75) is 42.9 Å². The van der Waals surface area contributed by atoms with Gasteiger partial charge in [0.2, 0.25) is 0 Å². The molecule has 0 bridgehead atoms. The third kappa shape index (κ3) is 7.01. The van der Waals surface area contributed by atoms with Gasteiger partial charge in [-0.15, -0.1) is 0 Å². The van der Waals surface area contributed by atoms with E-state index in [2.05, 4.69) is 22.2 Å². The molecule has 0 amide bonds. The molecule has 1 fully saturated rings. The van der Waals surface area contributed by atoms with Crippen LogP contribution < -0.4 is 10.1 Å². The molecule has 3 heterocycles. The van der Waals surface area contributed by atoms with Crippen molar-refractivity contribution in [3.05, 3.63) is 47.2 Å². The maximum atomic E-state index is 13.5. The Morgan fingerprint density at radius 1 is 1.10 bits per heavy atom. The number of rotatable bonds is 8. The van der Waals surface area contributed by atoms with Gasteiger partial charge in [-0.05, 0) is 75.8 Å². The van der Waals surface area contributed by atoms with E-state index in [9.17, 15) is 18.0 Å². The number of nitrogens with zero attached hydrogens (tertiary/aromatic N) is 3. The van der Waals surface area contributed by atoms with Gasteiger partial charge in [0, 0.05) is 12.2 Å². The first-order chi connectivity index (χ1) is 18.8. The molecule has 4 rings (SSSR count). The van der Waals surface area contributed by atoms with Crippen molar-refractivity contribution in [2.75, 3.05) is 32.6 Å². The number of hydrogen-bond donors (Lipinski definition) is 5. The molecule has 0 unspecified atom stereocenters. The van der Waals surface area contributed by atoms with Crippen molar-refractivity contribution in [1.29, 1.82) is 0 Å². The van der Waals surface area contributed by atoms with Crippen LogP contribution in [-0.4, -0.2) is 100 Å². The fourth-order valence-corrected chi connectivity index (χ4v) is 5.70. The van der Waals surface area contributed by atoms with Crippen LogP contribution in [0.2, 0.25) is 5.15 Å². The number of anilines is 1. The number of carboxylic acid groups (broad SMARTS) is 2. The number of likely N-dealkylation sites (tertiary alicyclic amines) is 1. The number of methoxy groups -OCH3 is 1. The molecule has 2 aromatic heterocycles. The molecule has 40 heavy (non-hydrogen) atoms. The molecule has 2 atom stereocenters. The van der Waals surface area contributed by atoms with Gasteiger partial charge in [0.15, 0.2) is 12.2 Å². The second-order valence-electron chi connectivity index (χ2n) is 9.26. The zero-order valence-corrected chi connectivity index (χ0v) is 23.6. The Morgan fingerprint density at radius 3 is 2.25 bits per heavy atom. The number of nitrogens with one attached hydrogen (secondary N) is 1. The monoisotopic (exact) mass is 598 g/mol. The second kappa shape index (κ2) is 12.8. The van der Waals surface area contributed by atoms with Crippen molar-refractivity contribution >= 4 is 50.3 Å². The number of halogens is 1. The maximum Gasteiger partial charge on any atom is 0.335 e. The lowest BCUT2D eigenvalue weighted by Gasteiger charge is -2.30. The van der Waals surface area contributed by atoms with Crippen LogP contribution in [0.4, 0.5) is 5.69 Å². The standard InChI is InChI=1S/C21H25ClN4O3S.C4H6O6/c1-14-13-26(18-5-7-20(22)24-21(14)18)30(27,28)16-4-6-19(29-3)17(12-16)23-15-8-10-25(2)11-9-15;5-1(3(7)8)2(6)4(9)10/h4-7,12-13,15,23H,8-11H2,1-3H3;1-2,5-6H,(H,7,8)(H,9,10)/t;1-,2-/m.1/s1. The Morgan fingerprint density at radius 2 is 1.70 bits per heavy atom. The SMILES string of the molecule is COc1ccc(S(=O)(=O)n2cc(C)c3nc(Cl)ccc32)cc1NC1CCN(C)CC1.O=C(O)[C@H](O)[C@@H](O)C(=O)O. The number of aliphatic carboxylic acids is 2. The number of hydrogen-bond acceptors (Lipinski definition) is 10. The van der Waals surface area contributed by atoms with Crippen LogP contribution in [0.5, 0.6) is 5.75 Å². The van der Waals surface area contributed by atoms with Crippen LogP contribution in [0.3, 0.4) is 0 Å². The molecular weight excluding hydrogens is 568 g/mol. The van der Waals surface area contributed by atoms with Crippen molar-refractivity contribution < 1.29 is 43.2 Å². The van der Waals surface area contributed by atoms with Crippen LogP contribution in [0.1, 0.15) is 18.4 Å². The molecule has 1 saturated heterocycles. The largest absolute Gasteiger partial charge is 0.495 e. The van der Waals surface area contributed by atoms with Gasteiger partial charge in [-0.1, -0.05) is 11.6 Å². The summed E-state index contributed by atoms with van der Waals surface area (Å²) < 4.78 is 33.7. The summed E-state index contributed by atoms with van der Waals surface area (Å²) in [6.45, 7) is 3.82. The van der Waals surface area contributed by atoms with Crippen LogP contribution >= 0.6 is 11.6 Å². The third-order valence-corrected chi connectivity index (χ3v) is 8.25. The van der Waals surface area contributed by atoms with E-state index >= 15 is 0 Å². The van der Waals surface area contributed by atoms with Crippen molar-refractivity contribution in [3.63, 3.8) is 0 Å². The maximum absolute atomic E-state index is 13.5. The Hall–Kier alpha value is -3.43. The molecule has 218 valence electrons. The predicted octanol–water partition coefficient (Wildman–Crippen LogP) is 1.63. The zero-order chi connectivity index (χ0) is 29.8. The van der Waals surface area contributed by atoms with E-state index in [0.717, 1.165) is 31.5 Å². The van der Waals surface area contributed by atoms with Crippen LogP contribution in [0.15, 0.2) is 41.4 Å². The first kappa shape index (κ1) is 31.1. The van der Waals surface area contributed by atoms with Gasteiger partial charge in [0.25, 0.3) is 10.0 Å². The normalized spacial score (nSPS) is 16.1. The molecule has 15 heteroatoms. The fourth-order valence-electron chi connectivity index (χ4n) is 4.12. The minimum Gasteiger partial charge on any atom is -0.495 e. The highest BCUT2D eigenvalue weighted by atomic mass is 35.5. The van der Waals surface area contributed by atoms with Gasteiger partial charge in [0.1, 0.15) is 10.9 Å². The van der Waals surface area contributed by atoms with Gasteiger partial charge in [-0.2, -0.15) is 0 Å². The van der Waals surface area contributed by atoms with Crippen LogP contribution in [0, 0.1) is 6.92 Å². The number of aliphatic hydroxyl groups excluding tert-OH is 2. The minimum atomic E-state index is -3.82. The Balaban J connectivity index is 0.000000378. The van der Waals surface area contributed by atoms with Gasteiger partial charge in [-0.25, -0.2) is 27.0 Å². The number of ether oxygens (including phenoxy) is 1. The van der Waals surface area contributed by atoms with E-state index in [-0.39, 0.29) is 10.9 Å². The van der Waals surface area contributed by atoms with E-state index in [1.165, 1.54) is 3.97 Å². The number of fused-ring (bicyclic) bond motifs is 1. The summed E-state index contributed by atoms with van der Waals surface area (Å²) in [6, 6.07) is 8.45. The van der Waals surface area contributed by atoms with Crippen molar-refractivity contribution in [2.24, 2.45) is 0 Å². The van der Waals surface area contributed by atoms with Gasteiger partial charge < -0.3 is 35.4 Å². The lowest BCUT2D eigenvalue weighted by Crippen LogP contribution is -2.39. The highest BCUT2D eigenvalue weighted by molar-refractivity contribution is 7.90. The number of aliphatic hydroxyl groups is 2. The first-order valence-corrected chi connectivity index (χ1v) is 13.9. The number of carbonyl (C=O) groups is 2. The number of piperidine rings is 1. The Kier molecular flexibility index (Phi) is 9.97. The Bertz CT molecular complexity index is 1470. The predicted molar refractivity (Wildman–Crippen MR) is 146 cm³/mol. The summed E-state index contributed by atoms with van der Waals surface area (Å²) in [5.74, 6) is -2.92. The molecule has 0 radical (unpaired) electrons. The quantitative estimate of drug-likeness (QED) is 0.236. The van der Waals surface area contributed by atoms with Crippen LogP contribution in [-0.2, 0) is 19.6 Å². The molecule has 0 saturated carbocycles. The number of benzene rings is 1. The summed E-state index contributed by atoms with van der Waals surface area (Å²) in [5.41, 5.74) is 2.50. The fraction of sp³-hybridized carbons (Fsp3) is 0.400. The second-order valence-corrected chi connectivity index (χ2v) is 11.5. The smallest absolute Gasteiger partial charge is 0.335 e. The molecule has 1 aliphatic rings. The van der Waals surface area contributed by atoms with E-state index in [1.807, 2.05) is 6.92 Å². The van der Waals surface area contributed by atoms with E-state index in [4.69, 9.17) is 36.8 Å². The summed E-state index contributed by atoms with van der Waals surface area (Å²) in [5, 5.41) is 36.3. The van der Waals surface area contributed by atoms with Crippen LogP contribution in [0.25, 0.3) is 11.0 Å². The minimum absolute atomic E-state index is 0.186. The average molecular weight is 599 g/mol. The third-order valence-electron chi connectivity index (χ3n) is 6.37. The molecule has 3 aromatic rings. The molecule has 1 aromatic carbocycles. The molecule has 5 N–H and O–H groups in total. The molecule has 0 spiro atoms. The Labute approximate surface area is 235 Å². The average Bonchev–Trinajstić information content (AvgIpc) is 3.25. The van der Waals surface area contributed by atoms with E-state index in [0.29, 0.717) is 27.6 Å². The molecule has 0 aliphatic carbocycles. The van der Waals surface area contributed by atoms with Crippen molar-refractivity contribution in [1.82, 2.24) is 13.9 Å². The van der Waals surface area contributed by atoms with Gasteiger partial charge in [-0.3, -0.25) is 0 Å². The number of pyridine rings is 1. The molecular formula is C25H31ClN4O9S. The number of aryl methyl sites for hydroxylation is 1. The van der Waals surface area contributed by atoms with E-state index in [1.54, 1.807) is 43.6 Å². The highest BCUT2D eigenvalue weighted by Gasteiger charge is 2.29. The summed E-state index contributed by atoms with van der Waals surface area (Å²) in [6.07, 6.45) is -0.970. The number of aromatic nitrogens is 2. The summed E-state index contributed by atoms with van der Waals surface area (Å²) in [7, 11) is -0.133. The lowest BCUT2D eigenvalue weighted by molar-refractivity contribution is -0.165. The van der Waals surface area contributed by atoms with E-state index < -0.39 is 34.2 Å². The lowest BCUT2D eigenvalue weighted by atomic mass is 10.1.